The Hall–Kier alpha value is -2.88. The van der Waals surface area contributed by atoms with E-state index in [4.69, 9.17) is 0 Å². The summed E-state index contributed by atoms with van der Waals surface area (Å²) in [5.41, 5.74) is 1.24. The van der Waals surface area contributed by atoms with Crippen molar-refractivity contribution in [3.63, 3.8) is 0 Å². The Morgan fingerprint density at radius 3 is 2.52 bits per heavy atom. The molecule has 0 atom stereocenters. The molecule has 1 aliphatic heterocycles. The molecule has 25 heavy (non-hydrogen) atoms. The van der Waals surface area contributed by atoms with E-state index in [2.05, 4.69) is 21.3 Å². The number of piperidine rings is 1. The molecule has 0 aliphatic carbocycles. The smallest absolute Gasteiger partial charge is 0.274 e. The average molecular weight is 331 g/mol. The minimum Gasteiger partial charge on any atom is -0.357 e. The number of hydrogen-bond acceptors (Lipinski definition) is 3. The maximum Gasteiger partial charge on any atom is 0.274 e. The molecule has 126 valence electrons. The predicted octanol–water partition coefficient (Wildman–Crippen LogP) is 4.48. The fraction of sp³-hybridized carbons (Fsp3) is 0.238. The van der Waals surface area contributed by atoms with Crippen LogP contribution >= 0.6 is 0 Å². The number of amides is 1. The summed E-state index contributed by atoms with van der Waals surface area (Å²) in [6.07, 6.45) is 3.66. The number of nitrogens with one attached hydrogen (secondary N) is 1. The maximum atomic E-state index is 12.6. The molecule has 1 saturated heterocycles. The lowest BCUT2D eigenvalue weighted by Gasteiger charge is -2.27. The molecule has 4 heteroatoms. The first-order valence-corrected chi connectivity index (χ1v) is 8.82. The van der Waals surface area contributed by atoms with Crippen LogP contribution < -0.4 is 10.2 Å². The van der Waals surface area contributed by atoms with E-state index in [1.54, 1.807) is 6.07 Å². The van der Waals surface area contributed by atoms with Gasteiger partial charge in [0.15, 0.2) is 0 Å². The van der Waals surface area contributed by atoms with Gasteiger partial charge in [0.25, 0.3) is 5.91 Å². The molecule has 4 rings (SSSR count). The van der Waals surface area contributed by atoms with E-state index >= 15 is 0 Å². The van der Waals surface area contributed by atoms with Crippen LogP contribution in [0.25, 0.3) is 10.8 Å². The zero-order valence-electron chi connectivity index (χ0n) is 14.1. The van der Waals surface area contributed by atoms with Gasteiger partial charge < -0.3 is 10.2 Å². The van der Waals surface area contributed by atoms with E-state index in [1.807, 2.05) is 48.5 Å². The number of anilines is 2. The van der Waals surface area contributed by atoms with Crippen molar-refractivity contribution in [3.05, 3.63) is 66.4 Å². The Bertz CT molecular complexity index is 900. The first kappa shape index (κ1) is 15.6. The second kappa shape index (κ2) is 6.93. The Labute approximate surface area is 147 Å². The summed E-state index contributed by atoms with van der Waals surface area (Å²) < 4.78 is 0. The summed E-state index contributed by atoms with van der Waals surface area (Å²) in [5, 5.41) is 5.23. The van der Waals surface area contributed by atoms with Crippen LogP contribution in [0.2, 0.25) is 0 Å². The van der Waals surface area contributed by atoms with Crippen LogP contribution in [0.1, 0.15) is 29.8 Å². The third-order valence-electron chi connectivity index (χ3n) is 4.65. The van der Waals surface area contributed by atoms with Crippen molar-refractivity contribution < 1.29 is 4.79 Å². The lowest BCUT2D eigenvalue weighted by atomic mass is 10.1. The van der Waals surface area contributed by atoms with Gasteiger partial charge in [0, 0.05) is 18.8 Å². The van der Waals surface area contributed by atoms with Crippen molar-refractivity contribution in [2.75, 3.05) is 23.3 Å². The number of carbonyl (C=O) groups excluding carboxylic acids is 1. The van der Waals surface area contributed by atoms with E-state index in [9.17, 15) is 4.79 Å². The average Bonchev–Trinajstić information content (AvgIpc) is 2.69. The van der Waals surface area contributed by atoms with Crippen molar-refractivity contribution in [2.45, 2.75) is 19.3 Å². The molecule has 1 amide bonds. The molecule has 0 unspecified atom stereocenters. The molecule has 1 aromatic heterocycles. The Kier molecular flexibility index (Phi) is 4.34. The Morgan fingerprint density at radius 2 is 1.68 bits per heavy atom. The molecule has 1 aliphatic rings. The zero-order valence-corrected chi connectivity index (χ0v) is 14.1. The van der Waals surface area contributed by atoms with Crippen LogP contribution in [-0.4, -0.2) is 24.0 Å². The molecule has 0 spiro atoms. The van der Waals surface area contributed by atoms with Crippen LogP contribution in [0.4, 0.5) is 11.5 Å². The molecule has 2 heterocycles. The number of hydrogen-bond donors (Lipinski definition) is 1. The monoisotopic (exact) mass is 331 g/mol. The van der Waals surface area contributed by atoms with Crippen molar-refractivity contribution >= 4 is 28.2 Å². The van der Waals surface area contributed by atoms with Gasteiger partial charge in [-0.1, -0.05) is 36.4 Å². The third-order valence-corrected chi connectivity index (χ3v) is 4.65. The normalized spacial score (nSPS) is 14.5. The minimum absolute atomic E-state index is 0.172. The van der Waals surface area contributed by atoms with Crippen molar-refractivity contribution in [1.82, 2.24) is 4.98 Å². The van der Waals surface area contributed by atoms with Crippen LogP contribution in [0.3, 0.4) is 0 Å². The number of rotatable bonds is 3. The highest BCUT2D eigenvalue weighted by molar-refractivity contribution is 6.04. The summed E-state index contributed by atoms with van der Waals surface area (Å²) >= 11 is 0. The van der Waals surface area contributed by atoms with E-state index in [1.165, 1.54) is 19.3 Å². The van der Waals surface area contributed by atoms with Gasteiger partial charge in [0.1, 0.15) is 11.5 Å². The largest absolute Gasteiger partial charge is 0.357 e. The lowest BCUT2D eigenvalue weighted by molar-refractivity contribution is 0.102. The van der Waals surface area contributed by atoms with Crippen molar-refractivity contribution in [1.29, 1.82) is 0 Å². The highest BCUT2D eigenvalue weighted by Crippen LogP contribution is 2.21. The summed E-state index contributed by atoms with van der Waals surface area (Å²) in [4.78, 5) is 19.4. The number of pyridine rings is 1. The number of benzene rings is 2. The maximum absolute atomic E-state index is 12.6. The van der Waals surface area contributed by atoms with Gasteiger partial charge in [0.05, 0.1) is 0 Å². The first-order valence-electron chi connectivity index (χ1n) is 8.82. The fourth-order valence-electron chi connectivity index (χ4n) is 3.31. The molecular formula is C21H21N3O. The van der Waals surface area contributed by atoms with Crippen molar-refractivity contribution in [3.8, 4) is 0 Å². The van der Waals surface area contributed by atoms with E-state index in [-0.39, 0.29) is 5.91 Å². The molecule has 0 radical (unpaired) electrons. The quantitative estimate of drug-likeness (QED) is 0.770. The van der Waals surface area contributed by atoms with Gasteiger partial charge >= 0.3 is 0 Å². The molecule has 1 fully saturated rings. The first-order chi connectivity index (χ1) is 12.3. The van der Waals surface area contributed by atoms with E-state index in [0.29, 0.717) is 5.69 Å². The molecular weight excluding hydrogens is 310 g/mol. The van der Waals surface area contributed by atoms with Crippen LogP contribution in [0, 0.1) is 0 Å². The fourth-order valence-corrected chi connectivity index (χ4v) is 3.31. The SMILES string of the molecule is O=C(Nc1ccc2ccccc2c1)c1cccc(N2CCCCC2)n1. The molecule has 2 aromatic carbocycles. The number of nitrogens with zero attached hydrogens (tertiary/aromatic N) is 2. The predicted molar refractivity (Wildman–Crippen MR) is 102 cm³/mol. The number of aromatic nitrogens is 1. The standard InChI is InChI=1S/C21H21N3O/c25-21(22-18-12-11-16-7-2-3-8-17(16)15-18)19-9-6-10-20(23-19)24-13-4-1-5-14-24/h2-3,6-12,15H,1,4-5,13-14H2,(H,22,25). The van der Waals surface area contributed by atoms with Crippen LogP contribution in [0.5, 0.6) is 0 Å². The Morgan fingerprint density at radius 1 is 0.880 bits per heavy atom. The topological polar surface area (TPSA) is 45.2 Å². The molecule has 0 bridgehead atoms. The molecule has 4 nitrogen and oxygen atoms in total. The van der Waals surface area contributed by atoms with Gasteiger partial charge in [-0.3, -0.25) is 4.79 Å². The second-order valence-electron chi connectivity index (χ2n) is 6.44. The lowest BCUT2D eigenvalue weighted by Crippen LogP contribution is -2.30. The van der Waals surface area contributed by atoms with Gasteiger partial charge in [-0.15, -0.1) is 0 Å². The summed E-state index contributed by atoms with van der Waals surface area (Å²) in [7, 11) is 0. The van der Waals surface area contributed by atoms with Crippen LogP contribution in [0.15, 0.2) is 60.7 Å². The minimum atomic E-state index is -0.172. The van der Waals surface area contributed by atoms with Crippen LogP contribution in [-0.2, 0) is 0 Å². The molecule has 3 aromatic rings. The van der Waals surface area contributed by atoms with Gasteiger partial charge in [0.2, 0.25) is 0 Å². The van der Waals surface area contributed by atoms with E-state index < -0.39 is 0 Å². The number of carbonyl (C=O) groups is 1. The highest BCUT2D eigenvalue weighted by atomic mass is 16.1. The summed E-state index contributed by atoms with van der Waals surface area (Å²) in [5.74, 6) is 0.722. The Balaban J connectivity index is 1.53. The second-order valence-corrected chi connectivity index (χ2v) is 6.44. The zero-order chi connectivity index (χ0) is 17.1. The summed E-state index contributed by atoms with van der Waals surface area (Å²) in [6, 6.07) is 19.7. The van der Waals surface area contributed by atoms with E-state index in [0.717, 1.165) is 35.4 Å². The number of fused-ring (bicyclic) bond motifs is 1. The van der Waals surface area contributed by atoms with Crippen molar-refractivity contribution in [2.24, 2.45) is 0 Å². The third kappa shape index (κ3) is 3.48. The van der Waals surface area contributed by atoms with Gasteiger partial charge in [-0.25, -0.2) is 4.98 Å². The summed E-state index contributed by atoms with van der Waals surface area (Å²) in [6.45, 7) is 2.03. The molecule has 0 saturated carbocycles. The highest BCUT2D eigenvalue weighted by Gasteiger charge is 2.14. The molecule has 1 N–H and O–H groups in total. The van der Waals surface area contributed by atoms with Gasteiger partial charge in [-0.05, 0) is 54.3 Å². The van der Waals surface area contributed by atoms with Gasteiger partial charge in [-0.2, -0.15) is 0 Å².